The molecule has 2 unspecified atom stereocenters. The summed E-state index contributed by atoms with van der Waals surface area (Å²) in [4.78, 5) is 12.3. The van der Waals surface area contributed by atoms with Crippen molar-refractivity contribution in [3.63, 3.8) is 0 Å². The summed E-state index contributed by atoms with van der Waals surface area (Å²) in [5, 5.41) is 0.229. The second-order valence-corrected chi connectivity index (χ2v) is 6.80. The molecule has 2 atom stereocenters. The third kappa shape index (κ3) is 4.69. The van der Waals surface area contributed by atoms with Gasteiger partial charge in [0.1, 0.15) is 0 Å². The fourth-order valence-electron chi connectivity index (χ4n) is 1.51. The molecule has 0 bridgehead atoms. The van der Waals surface area contributed by atoms with Gasteiger partial charge in [-0.05, 0) is 31.5 Å². The molecule has 0 fully saturated rings. The minimum atomic E-state index is -0.946. The van der Waals surface area contributed by atoms with Crippen LogP contribution in [0.2, 0.25) is 0 Å². The maximum Gasteiger partial charge on any atom is 0.237 e. The Morgan fingerprint density at radius 2 is 2.24 bits per heavy atom. The van der Waals surface area contributed by atoms with Crippen molar-refractivity contribution in [1.82, 2.24) is 0 Å². The van der Waals surface area contributed by atoms with Crippen LogP contribution in [-0.4, -0.2) is 16.7 Å². The third-order valence-electron chi connectivity index (χ3n) is 2.41. The number of benzene rings is 1. The molecule has 94 valence electrons. The summed E-state index contributed by atoms with van der Waals surface area (Å²) in [6, 6.07) is 8.03. The highest BCUT2D eigenvalue weighted by Gasteiger charge is 2.28. The summed E-state index contributed by atoms with van der Waals surface area (Å²) in [7, 11) is 0. The molecular weight excluding hydrogens is 300 g/mol. The zero-order valence-corrected chi connectivity index (χ0v) is 12.3. The molecule has 0 saturated carbocycles. The first-order chi connectivity index (χ1) is 7.81. The Morgan fingerprint density at radius 1 is 1.59 bits per heavy atom. The number of hydrogen-bond donors (Lipinski definition) is 2. The Bertz CT molecular complexity index is 409. The van der Waals surface area contributed by atoms with E-state index >= 15 is 0 Å². The van der Waals surface area contributed by atoms with Gasteiger partial charge < -0.3 is 11.5 Å². The van der Waals surface area contributed by atoms with E-state index in [9.17, 15) is 4.79 Å². The van der Waals surface area contributed by atoms with Crippen LogP contribution in [0.1, 0.15) is 20.3 Å². The number of thioether (sulfide) groups is 1. The average molecular weight is 317 g/mol. The highest BCUT2D eigenvalue weighted by atomic mass is 79.9. The molecular formula is C12H17BrN2OS. The Hall–Kier alpha value is -0.520. The molecule has 0 aliphatic rings. The molecule has 0 radical (unpaired) electrons. The smallest absolute Gasteiger partial charge is 0.237 e. The van der Waals surface area contributed by atoms with Crippen LogP contribution in [0.3, 0.4) is 0 Å². The minimum Gasteiger partial charge on any atom is -0.368 e. The van der Waals surface area contributed by atoms with E-state index in [-0.39, 0.29) is 5.25 Å². The SMILES string of the molecule is CC(CC(C)(N)C(N)=O)Sc1cccc(Br)c1. The second-order valence-electron chi connectivity index (χ2n) is 4.37. The van der Waals surface area contributed by atoms with E-state index in [2.05, 4.69) is 15.9 Å². The molecule has 4 N–H and O–H groups in total. The van der Waals surface area contributed by atoms with Gasteiger partial charge in [-0.3, -0.25) is 4.79 Å². The number of hydrogen-bond acceptors (Lipinski definition) is 3. The van der Waals surface area contributed by atoms with Crippen molar-refractivity contribution in [3.8, 4) is 0 Å². The van der Waals surface area contributed by atoms with Gasteiger partial charge in [0.2, 0.25) is 5.91 Å². The zero-order chi connectivity index (χ0) is 13.1. The molecule has 3 nitrogen and oxygen atoms in total. The van der Waals surface area contributed by atoms with Gasteiger partial charge in [-0.25, -0.2) is 0 Å². The van der Waals surface area contributed by atoms with Crippen LogP contribution in [0.15, 0.2) is 33.6 Å². The number of halogens is 1. The summed E-state index contributed by atoms with van der Waals surface area (Å²) in [6.07, 6.45) is 0.555. The number of rotatable bonds is 5. The fourth-order valence-corrected chi connectivity index (χ4v) is 3.31. The first kappa shape index (κ1) is 14.5. The standard InChI is InChI=1S/C12H17BrN2OS/c1-8(7-12(2,15)11(14)16)17-10-5-3-4-9(13)6-10/h3-6,8H,7,15H2,1-2H3,(H2,14,16). The molecule has 0 saturated heterocycles. The number of primary amides is 1. The Labute approximate surface area is 114 Å². The summed E-state index contributed by atoms with van der Waals surface area (Å²) < 4.78 is 1.04. The summed E-state index contributed by atoms with van der Waals surface area (Å²) in [5.41, 5.74) is 10.2. The van der Waals surface area contributed by atoms with Crippen molar-refractivity contribution in [3.05, 3.63) is 28.7 Å². The number of nitrogens with two attached hydrogens (primary N) is 2. The van der Waals surface area contributed by atoms with E-state index in [1.165, 1.54) is 0 Å². The molecule has 5 heteroatoms. The predicted molar refractivity (Wildman–Crippen MR) is 75.9 cm³/mol. The normalized spacial score (nSPS) is 16.2. The monoisotopic (exact) mass is 316 g/mol. The molecule has 0 spiro atoms. The molecule has 0 aromatic heterocycles. The zero-order valence-electron chi connectivity index (χ0n) is 9.94. The van der Waals surface area contributed by atoms with Gasteiger partial charge in [0.15, 0.2) is 0 Å². The number of carbonyl (C=O) groups is 1. The van der Waals surface area contributed by atoms with Gasteiger partial charge in [0, 0.05) is 14.6 Å². The van der Waals surface area contributed by atoms with E-state index in [0.717, 1.165) is 9.37 Å². The van der Waals surface area contributed by atoms with Crippen LogP contribution in [0.5, 0.6) is 0 Å². The van der Waals surface area contributed by atoms with Crippen molar-refractivity contribution < 1.29 is 4.79 Å². The van der Waals surface area contributed by atoms with Crippen molar-refractivity contribution >= 4 is 33.6 Å². The van der Waals surface area contributed by atoms with Crippen molar-refractivity contribution in [1.29, 1.82) is 0 Å². The lowest BCUT2D eigenvalue weighted by atomic mass is 9.97. The van der Waals surface area contributed by atoms with E-state index in [4.69, 9.17) is 11.5 Å². The Balaban J connectivity index is 2.61. The van der Waals surface area contributed by atoms with Crippen LogP contribution in [-0.2, 0) is 4.79 Å². The lowest BCUT2D eigenvalue weighted by molar-refractivity contribution is -0.122. The van der Waals surface area contributed by atoms with E-state index in [0.29, 0.717) is 6.42 Å². The highest BCUT2D eigenvalue weighted by molar-refractivity contribution is 9.10. The van der Waals surface area contributed by atoms with Crippen molar-refractivity contribution in [2.24, 2.45) is 11.5 Å². The van der Waals surface area contributed by atoms with Gasteiger partial charge in [-0.2, -0.15) is 0 Å². The van der Waals surface area contributed by atoms with E-state index < -0.39 is 11.4 Å². The van der Waals surface area contributed by atoms with E-state index in [1.54, 1.807) is 18.7 Å². The van der Waals surface area contributed by atoms with Crippen LogP contribution < -0.4 is 11.5 Å². The number of amides is 1. The molecule has 1 aromatic carbocycles. The van der Waals surface area contributed by atoms with Gasteiger partial charge in [-0.1, -0.05) is 28.9 Å². The van der Waals surface area contributed by atoms with Crippen LogP contribution in [0.25, 0.3) is 0 Å². The predicted octanol–water partition coefficient (Wildman–Crippen LogP) is 2.52. The molecule has 1 amide bonds. The largest absolute Gasteiger partial charge is 0.368 e. The molecule has 1 aromatic rings. The topological polar surface area (TPSA) is 69.1 Å². The highest BCUT2D eigenvalue weighted by Crippen LogP contribution is 2.29. The molecule has 0 aliphatic carbocycles. The first-order valence-electron chi connectivity index (χ1n) is 5.32. The lowest BCUT2D eigenvalue weighted by Gasteiger charge is -2.24. The third-order valence-corrected chi connectivity index (χ3v) is 4.00. The fraction of sp³-hybridized carbons (Fsp3) is 0.417. The molecule has 1 rings (SSSR count). The van der Waals surface area contributed by atoms with Gasteiger partial charge in [0.05, 0.1) is 5.54 Å². The molecule has 0 aliphatic heterocycles. The minimum absolute atomic E-state index is 0.229. The Kier molecular flexibility index (Phi) is 5.04. The average Bonchev–Trinajstić information content (AvgIpc) is 2.15. The van der Waals surface area contributed by atoms with E-state index in [1.807, 2.05) is 31.2 Å². The second kappa shape index (κ2) is 5.89. The summed E-state index contributed by atoms with van der Waals surface area (Å²) in [6.45, 7) is 3.72. The summed E-state index contributed by atoms with van der Waals surface area (Å²) >= 11 is 5.11. The number of carbonyl (C=O) groups excluding carboxylic acids is 1. The van der Waals surface area contributed by atoms with Crippen molar-refractivity contribution in [2.45, 2.75) is 36.0 Å². The maximum atomic E-state index is 11.1. The molecule has 0 heterocycles. The summed E-state index contributed by atoms with van der Waals surface area (Å²) in [5.74, 6) is -0.459. The molecule has 17 heavy (non-hydrogen) atoms. The van der Waals surface area contributed by atoms with Gasteiger partial charge >= 0.3 is 0 Å². The van der Waals surface area contributed by atoms with Crippen molar-refractivity contribution in [2.75, 3.05) is 0 Å². The van der Waals surface area contributed by atoms with Crippen LogP contribution >= 0.6 is 27.7 Å². The van der Waals surface area contributed by atoms with Gasteiger partial charge in [0.25, 0.3) is 0 Å². The quantitative estimate of drug-likeness (QED) is 0.820. The van der Waals surface area contributed by atoms with Gasteiger partial charge in [-0.15, -0.1) is 11.8 Å². The first-order valence-corrected chi connectivity index (χ1v) is 6.99. The van der Waals surface area contributed by atoms with Crippen LogP contribution in [0.4, 0.5) is 0 Å². The maximum absolute atomic E-state index is 11.1. The Morgan fingerprint density at radius 3 is 2.76 bits per heavy atom. The lowest BCUT2D eigenvalue weighted by Crippen LogP contribution is -2.50. The van der Waals surface area contributed by atoms with Crippen LogP contribution in [0, 0.1) is 0 Å².